The molecule has 1 aromatic heterocycles. The summed E-state index contributed by atoms with van der Waals surface area (Å²) in [5, 5.41) is 13.7. The van der Waals surface area contributed by atoms with Crippen molar-refractivity contribution in [3.63, 3.8) is 0 Å². The molecule has 1 saturated heterocycles. The molecule has 1 unspecified atom stereocenters. The van der Waals surface area contributed by atoms with Gasteiger partial charge in [-0.05, 0) is 0 Å². The second-order valence-corrected chi connectivity index (χ2v) is 3.44. The van der Waals surface area contributed by atoms with Gasteiger partial charge in [0.2, 0.25) is 5.91 Å². The van der Waals surface area contributed by atoms with Gasteiger partial charge in [0.05, 0.1) is 6.54 Å². The van der Waals surface area contributed by atoms with E-state index < -0.39 is 0 Å². The van der Waals surface area contributed by atoms with E-state index in [2.05, 4.69) is 20.8 Å². The van der Waals surface area contributed by atoms with Crippen molar-refractivity contribution in [1.82, 2.24) is 25.4 Å². The van der Waals surface area contributed by atoms with Crippen molar-refractivity contribution < 1.29 is 4.79 Å². The lowest BCUT2D eigenvalue weighted by molar-refractivity contribution is -0.119. The van der Waals surface area contributed by atoms with Crippen LogP contribution in [0, 0.1) is 0 Å². The number of carbonyl (C=O) groups excluding carboxylic acids is 1. The maximum Gasteiger partial charge on any atom is 0.221 e. The third-order valence-corrected chi connectivity index (χ3v) is 2.33. The van der Waals surface area contributed by atoms with Crippen molar-refractivity contribution in [2.75, 3.05) is 6.54 Å². The molecule has 1 fully saturated rings. The number of hydrogen-bond donors (Lipinski definition) is 2. The minimum atomic E-state index is 0.112. The van der Waals surface area contributed by atoms with Gasteiger partial charge in [-0.15, -0.1) is 10.2 Å². The highest BCUT2D eigenvalue weighted by Crippen LogP contribution is 2.00. The minimum absolute atomic E-state index is 0.112. The van der Waals surface area contributed by atoms with E-state index >= 15 is 0 Å². The molecule has 2 N–H and O–H groups in total. The number of amides is 1. The van der Waals surface area contributed by atoms with Crippen molar-refractivity contribution in [2.45, 2.75) is 19.0 Å². The fourth-order valence-electron chi connectivity index (χ4n) is 1.45. The van der Waals surface area contributed by atoms with Crippen LogP contribution in [0.4, 0.5) is 0 Å². The average molecular weight is 195 g/mol. The Bertz CT molecular complexity index is 334. The van der Waals surface area contributed by atoms with Gasteiger partial charge in [0.15, 0.2) is 0 Å². The monoisotopic (exact) mass is 195 g/mol. The average Bonchev–Trinajstić information content (AvgIpc) is 2.72. The molecule has 0 aromatic carbocycles. The Morgan fingerprint density at radius 2 is 2.64 bits per heavy atom. The number of aryl methyl sites for hydroxylation is 1. The van der Waals surface area contributed by atoms with E-state index in [-0.39, 0.29) is 11.9 Å². The summed E-state index contributed by atoms with van der Waals surface area (Å²) >= 11 is 0. The van der Waals surface area contributed by atoms with Crippen LogP contribution in [0.5, 0.6) is 0 Å². The summed E-state index contributed by atoms with van der Waals surface area (Å²) in [5.74, 6) is 0.991. The molecule has 0 spiro atoms. The Morgan fingerprint density at radius 1 is 1.79 bits per heavy atom. The van der Waals surface area contributed by atoms with E-state index in [1.807, 2.05) is 11.6 Å². The molecule has 1 amide bonds. The quantitative estimate of drug-likeness (QED) is 0.635. The standard InChI is InChI=1S/C8H13N5O/c1-13-5-11-12-7(13)4-9-6-2-8(14)10-3-6/h5-6,9H,2-4H2,1H3,(H,10,14). The molecule has 0 aliphatic carbocycles. The van der Waals surface area contributed by atoms with Crippen LogP contribution in [0.3, 0.4) is 0 Å². The molecule has 1 aliphatic rings. The zero-order chi connectivity index (χ0) is 9.97. The Labute approximate surface area is 81.7 Å². The number of hydrogen-bond acceptors (Lipinski definition) is 4. The second kappa shape index (κ2) is 3.75. The summed E-state index contributed by atoms with van der Waals surface area (Å²) in [4.78, 5) is 10.9. The highest BCUT2D eigenvalue weighted by atomic mass is 16.1. The van der Waals surface area contributed by atoms with Gasteiger partial charge < -0.3 is 15.2 Å². The van der Waals surface area contributed by atoms with Gasteiger partial charge in [0.25, 0.3) is 0 Å². The number of rotatable bonds is 3. The maximum absolute atomic E-state index is 10.9. The lowest BCUT2D eigenvalue weighted by Crippen LogP contribution is -2.31. The molecule has 2 heterocycles. The summed E-state index contributed by atoms with van der Waals surface area (Å²) in [6.07, 6.45) is 2.22. The molecule has 6 heteroatoms. The lowest BCUT2D eigenvalue weighted by atomic mass is 10.2. The molecule has 76 valence electrons. The maximum atomic E-state index is 10.9. The number of aromatic nitrogens is 3. The van der Waals surface area contributed by atoms with E-state index in [0.29, 0.717) is 19.5 Å². The van der Waals surface area contributed by atoms with Gasteiger partial charge in [-0.3, -0.25) is 4.79 Å². The van der Waals surface area contributed by atoms with Gasteiger partial charge >= 0.3 is 0 Å². The smallest absolute Gasteiger partial charge is 0.221 e. The third-order valence-electron chi connectivity index (χ3n) is 2.33. The molecule has 1 aliphatic heterocycles. The van der Waals surface area contributed by atoms with Crippen LogP contribution in [0.1, 0.15) is 12.2 Å². The molecule has 0 radical (unpaired) electrons. The number of nitrogens with zero attached hydrogens (tertiary/aromatic N) is 3. The summed E-state index contributed by atoms with van der Waals surface area (Å²) < 4.78 is 1.86. The van der Waals surface area contributed by atoms with Crippen LogP contribution < -0.4 is 10.6 Å². The molecule has 2 rings (SSSR count). The first-order valence-electron chi connectivity index (χ1n) is 4.58. The van der Waals surface area contributed by atoms with Crippen molar-refractivity contribution in [3.8, 4) is 0 Å². The van der Waals surface area contributed by atoms with Gasteiger partial charge in [0, 0.05) is 26.1 Å². The van der Waals surface area contributed by atoms with Crippen LogP contribution >= 0.6 is 0 Å². The summed E-state index contributed by atoms with van der Waals surface area (Å²) in [6.45, 7) is 1.35. The van der Waals surface area contributed by atoms with Gasteiger partial charge in [0.1, 0.15) is 12.2 Å². The molecule has 6 nitrogen and oxygen atoms in total. The topological polar surface area (TPSA) is 71.8 Å². The second-order valence-electron chi connectivity index (χ2n) is 3.44. The SMILES string of the molecule is Cn1cnnc1CNC1CNC(=O)C1. The first kappa shape index (κ1) is 9.14. The van der Waals surface area contributed by atoms with Crippen LogP contribution in [0.25, 0.3) is 0 Å². The molecular weight excluding hydrogens is 182 g/mol. The van der Waals surface area contributed by atoms with Gasteiger partial charge in [-0.2, -0.15) is 0 Å². The Morgan fingerprint density at radius 3 is 3.21 bits per heavy atom. The zero-order valence-corrected chi connectivity index (χ0v) is 8.03. The van der Waals surface area contributed by atoms with Crippen molar-refractivity contribution >= 4 is 5.91 Å². The number of carbonyl (C=O) groups is 1. The fourth-order valence-corrected chi connectivity index (χ4v) is 1.45. The Balaban J connectivity index is 1.83. The summed E-state index contributed by atoms with van der Waals surface area (Å²) in [7, 11) is 1.90. The molecule has 0 bridgehead atoms. The van der Waals surface area contributed by atoms with E-state index in [1.54, 1.807) is 6.33 Å². The fraction of sp³-hybridized carbons (Fsp3) is 0.625. The number of nitrogens with one attached hydrogen (secondary N) is 2. The van der Waals surface area contributed by atoms with Crippen LogP contribution in [-0.4, -0.2) is 33.3 Å². The first-order chi connectivity index (χ1) is 6.75. The van der Waals surface area contributed by atoms with E-state index in [0.717, 1.165) is 5.82 Å². The molecule has 1 aromatic rings. The van der Waals surface area contributed by atoms with Crippen LogP contribution in [0.2, 0.25) is 0 Å². The highest BCUT2D eigenvalue weighted by Gasteiger charge is 2.20. The van der Waals surface area contributed by atoms with Crippen LogP contribution in [-0.2, 0) is 18.4 Å². The largest absolute Gasteiger partial charge is 0.354 e. The van der Waals surface area contributed by atoms with Crippen LogP contribution in [0.15, 0.2) is 6.33 Å². The molecule has 0 saturated carbocycles. The predicted molar refractivity (Wildman–Crippen MR) is 49.3 cm³/mol. The normalized spacial score (nSPS) is 21.2. The highest BCUT2D eigenvalue weighted by molar-refractivity contribution is 5.78. The van der Waals surface area contributed by atoms with Crippen molar-refractivity contribution in [3.05, 3.63) is 12.2 Å². The van der Waals surface area contributed by atoms with Gasteiger partial charge in [-0.1, -0.05) is 0 Å². The van der Waals surface area contributed by atoms with Gasteiger partial charge in [-0.25, -0.2) is 0 Å². The zero-order valence-electron chi connectivity index (χ0n) is 8.03. The Hall–Kier alpha value is -1.43. The third kappa shape index (κ3) is 1.90. The Kier molecular flexibility index (Phi) is 2.45. The van der Waals surface area contributed by atoms with Crippen molar-refractivity contribution in [1.29, 1.82) is 0 Å². The summed E-state index contributed by atoms with van der Waals surface area (Å²) in [5.41, 5.74) is 0. The lowest BCUT2D eigenvalue weighted by Gasteiger charge is -2.08. The van der Waals surface area contributed by atoms with E-state index in [4.69, 9.17) is 0 Å². The molecular formula is C8H13N5O. The minimum Gasteiger partial charge on any atom is -0.354 e. The van der Waals surface area contributed by atoms with E-state index in [1.165, 1.54) is 0 Å². The first-order valence-corrected chi connectivity index (χ1v) is 4.58. The van der Waals surface area contributed by atoms with E-state index in [9.17, 15) is 4.79 Å². The predicted octanol–water partition coefficient (Wildman–Crippen LogP) is -1.21. The summed E-state index contributed by atoms with van der Waals surface area (Å²) in [6, 6.07) is 0.221. The van der Waals surface area contributed by atoms with Crippen molar-refractivity contribution in [2.24, 2.45) is 7.05 Å². The molecule has 1 atom stereocenters. The molecule has 14 heavy (non-hydrogen) atoms.